The van der Waals surface area contributed by atoms with Gasteiger partial charge in [-0.05, 0) is 23.8 Å². The summed E-state index contributed by atoms with van der Waals surface area (Å²) in [5.74, 6) is -0.437. The van der Waals surface area contributed by atoms with E-state index in [9.17, 15) is 4.79 Å². The van der Waals surface area contributed by atoms with E-state index in [1.54, 1.807) is 12.2 Å². The fraction of sp³-hybridized carbons (Fsp3) is 0.0833. The van der Waals surface area contributed by atoms with Crippen molar-refractivity contribution in [3.63, 3.8) is 0 Å². The molecule has 0 unspecified atom stereocenters. The third-order valence-electron chi connectivity index (χ3n) is 4.15. The lowest BCUT2D eigenvalue weighted by molar-refractivity contribution is -0.136. The molecule has 0 bridgehead atoms. The van der Waals surface area contributed by atoms with E-state index >= 15 is 0 Å². The van der Waals surface area contributed by atoms with Crippen molar-refractivity contribution in [2.45, 2.75) is 0 Å². The molecule has 2 aromatic carbocycles. The van der Waals surface area contributed by atoms with Gasteiger partial charge in [0.05, 0.1) is 5.57 Å². The summed E-state index contributed by atoms with van der Waals surface area (Å²) in [5.41, 5.74) is 4.17. The van der Waals surface area contributed by atoms with Crippen LogP contribution in [0.4, 0.5) is 5.69 Å². The largest absolute Gasteiger partial charge is 0.378 e. The molecule has 0 saturated heterocycles. The first-order valence-electron chi connectivity index (χ1n) is 8.99. The average molecular weight is 370 g/mol. The second-order valence-corrected chi connectivity index (χ2v) is 6.38. The summed E-state index contributed by atoms with van der Waals surface area (Å²) < 4.78 is 0. The van der Waals surface area contributed by atoms with Gasteiger partial charge in [-0.2, -0.15) is 0 Å². The van der Waals surface area contributed by atoms with Gasteiger partial charge in [-0.3, -0.25) is 0 Å². The molecule has 1 aliphatic rings. The van der Waals surface area contributed by atoms with Gasteiger partial charge in [0.25, 0.3) is 0 Å². The predicted molar refractivity (Wildman–Crippen MR) is 115 cm³/mol. The summed E-state index contributed by atoms with van der Waals surface area (Å²) in [6.45, 7) is 0. The third kappa shape index (κ3) is 4.95. The van der Waals surface area contributed by atoms with Gasteiger partial charge in [-0.1, -0.05) is 84.1 Å². The first-order valence-corrected chi connectivity index (χ1v) is 8.99. The second kappa shape index (κ2) is 9.33. The van der Waals surface area contributed by atoms with Crippen LogP contribution in [0.1, 0.15) is 11.1 Å². The number of anilines is 1. The van der Waals surface area contributed by atoms with Crippen molar-refractivity contribution in [2.24, 2.45) is 5.16 Å². The molecule has 3 rings (SSSR count). The first-order chi connectivity index (χ1) is 13.6. The smallest absolute Gasteiger partial charge is 0.368 e. The molecular weight excluding hydrogens is 348 g/mol. The molecule has 0 amide bonds. The molecule has 0 radical (unpaired) electrons. The number of rotatable bonds is 6. The molecule has 0 spiro atoms. The van der Waals surface area contributed by atoms with Gasteiger partial charge in [0.15, 0.2) is 0 Å². The molecule has 140 valence electrons. The maximum atomic E-state index is 11.9. The van der Waals surface area contributed by atoms with Crippen LogP contribution in [0.2, 0.25) is 0 Å². The van der Waals surface area contributed by atoms with Gasteiger partial charge < -0.3 is 9.74 Å². The SMILES string of the molecule is CN(C)c1ccc(/C=C/C=C/C=C/C=C2/C(=O)ON=C2c2ccccc2)cc1. The van der Waals surface area contributed by atoms with Crippen LogP contribution in [0.15, 0.2) is 102 Å². The quantitative estimate of drug-likeness (QED) is 0.418. The molecule has 0 aromatic heterocycles. The summed E-state index contributed by atoms with van der Waals surface area (Å²) >= 11 is 0. The molecule has 1 aliphatic heterocycles. The van der Waals surface area contributed by atoms with Crippen LogP contribution in [0.3, 0.4) is 0 Å². The van der Waals surface area contributed by atoms with E-state index < -0.39 is 5.97 Å². The number of carbonyl (C=O) groups is 1. The van der Waals surface area contributed by atoms with Gasteiger partial charge in [-0.15, -0.1) is 0 Å². The third-order valence-corrected chi connectivity index (χ3v) is 4.15. The van der Waals surface area contributed by atoms with Crippen molar-refractivity contribution in [2.75, 3.05) is 19.0 Å². The summed E-state index contributed by atoms with van der Waals surface area (Å²) in [4.78, 5) is 18.8. The number of benzene rings is 2. The minimum absolute atomic E-state index is 0.437. The lowest BCUT2D eigenvalue weighted by atomic mass is 10.0. The summed E-state index contributed by atoms with van der Waals surface area (Å²) in [7, 11) is 4.05. The minimum atomic E-state index is -0.437. The van der Waals surface area contributed by atoms with E-state index in [1.807, 2.05) is 74.8 Å². The predicted octanol–water partition coefficient (Wildman–Crippen LogP) is 4.77. The lowest BCUT2D eigenvalue weighted by Gasteiger charge is -2.11. The van der Waals surface area contributed by atoms with Crippen LogP contribution in [-0.4, -0.2) is 25.8 Å². The van der Waals surface area contributed by atoms with E-state index in [1.165, 1.54) is 5.69 Å². The minimum Gasteiger partial charge on any atom is -0.378 e. The first kappa shape index (κ1) is 19.1. The zero-order valence-electron chi connectivity index (χ0n) is 15.9. The highest BCUT2D eigenvalue weighted by Gasteiger charge is 2.25. The average Bonchev–Trinajstić information content (AvgIpc) is 3.08. The molecule has 0 aliphatic carbocycles. The van der Waals surface area contributed by atoms with Crippen molar-refractivity contribution in [3.8, 4) is 0 Å². The number of allylic oxidation sites excluding steroid dienone is 6. The number of hydrogen-bond acceptors (Lipinski definition) is 4. The van der Waals surface area contributed by atoms with Crippen molar-refractivity contribution < 1.29 is 9.63 Å². The van der Waals surface area contributed by atoms with Crippen LogP contribution >= 0.6 is 0 Å². The Morgan fingerprint density at radius 1 is 0.857 bits per heavy atom. The van der Waals surface area contributed by atoms with E-state index in [2.05, 4.69) is 34.3 Å². The zero-order chi connectivity index (χ0) is 19.8. The normalized spacial score (nSPS) is 15.7. The van der Waals surface area contributed by atoms with Crippen LogP contribution in [0.25, 0.3) is 6.08 Å². The van der Waals surface area contributed by atoms with Crippen molar-refractivity contribution in [1.29, 1.82) is 0 Å². The highest BCUT2D eigenvalue weighted by Crippen LogP contribution is 2.18. The van der Waals surface area contributed by atoms with Gasteiger partial charge in [0.2, 0.25) is 0 Å². The highest BCUT2D eigenvalue weighted by atomic mass is 16.7. The molecular formula is C24H22N2O2. The number of hydrogen-bond donors (Lipinski definition) is 0. The second-order valence-electron chi connectivity index (χ2n) is 6.38. The summed E-state index contributed by atoms with van der Waals surface area (Å²) in [6, 6.07) is 17.8. The fourth-order valence-electron chi connectivity index (χ4n) is 2.63. The Kier molecular flexibility index (Phi) is 6.37. The van der Waals surface area contributed by atoms with Crippen molar-refractivity contribution >= 4 is 23.4 Å². The Bertz CT molecular complexity index is 963. The maximum absolute atomic E-state index is 11.9. The monoisotopic (exact) mass is 370 g/mol. The van der Waals surface area contributed by atoms with E-state index in [-0.39, 0.29) is 0 Å². The molecule has 4 heteroatoms. The number of carbonyl (C=O) groups excluding carboxylic acids is 1. The molecule has 0 atom stereocenters. The van der Waals surface area contributed by atoms with Crippen LogP contribution < -0.4 is 4.90 Å². The Hall–Kier alpha value is -3.66. The molecule has 28 heavy (non-hydrogen) atoms. The fourth-order valence-corrected chi connectivity index (χ4v) is 2.63. The maximum Gasteiger partial charge on any atom is 0.368 e. The molecule has 0 saturated carbocycles. The van der Waals surface area contributed by atoms with Gasteiger partial charge in [0, 0.05) is 25.3 Å². The Morgan fingerprint density at radius 3 is 2.25 bits per heavy atom. The Balaban J connectivity index is 1.59. The topological polar surface area (TPSA) is 41.9 Å². The molecule has 1 heterocycles. The van der Waals surface area contributed by atoms with Gasteiger partial charge in [0.1, 0.15) is 5.71 Å². The van der Waals surface area contributed by atoms with Crippen molar-refractivity contribution in [1.82, 2.24) is 0 Å². The summed E-state index contributed by atoms with van der Waals surface area (Å²) in [5, 5.41) is 3.88. The van der Waals surface area contributed by atoms with Crippen LogP contribution in [0.5, 0.6) is 0 Å². The standard InChI is InChI=1S/C24H22N2O2/c1-26(2)21-17-15-19(16-18-21)11-7-4-3-5-10-14-22-23(25-28-24(22)27)20-12-8-6-9-13-20/h3-18H,1-2H3/b4-3+,10-5+,11-7+,22-14+. The molecule has 0 N–H and O–H groups in total. The Morgan fingerprint density at radius 2 is 1.54 bits per heavy atom. The van der Waals surface area contributed by atoms with Gasteiger partial charge in [-0.25, -0.2) is 4.79 Å². The Labute approximate surface area is 165 Å². The molecule has 0 fully saturated rings. The lowest BCUT2D eigenvalue weighted by Crippen LogP contribution is -2.07. The van der Waals surface area contributed by atoms with Crippen LogP contribution in [-0.2, 0) is 9.63 Å². The highest BCUT2D eigenvalue weighted by molar-refractivity contribution is 6.28. The van der Waals surface area contributed by atoms with E-state index in [0.29, 0.717) is 11.3 Å². The van der Waals surface area contributed by atoms with Crippen LogP contribution in [0, 0.1) is 0 Å². The van der Waals surface area contributed by atoms with E-state index in [0.717, 1.165) is 11.1 Å². The van der Waals surface area contributed by atoms with Crippen molar-refractivity contribution in [3.05, 3.63) is 108 Å². The molecule has 2 aromatic rings. The summed E-state index contributed by atoms with van der Waals surface area (Å²) in [6.07, 6.45) is 13.2. The zero-order valence-corrected chi connectivity index (χ0v) is 15.9. The van der Waals surface area contributed by atoms with E-state index in [4.69, 9.17) is 4.84 Å². The number of oxime groups is 1. The number of nitrogens with zero attached hydrogens (tertiary/aromatic N) is 2. The van der Waals surface area contributed by atoms with Gasteiger partial charge >= 0.3 is 5.97 Å². The molecule has 4 nitrogen and oxygen atoms in total.